The predicted octanol–water partition coefficient (Wildman–Crippen LogP) is 1.73. The second-order valence-electron chi connectivity index (χ2n) is 3.04. The van der Waals surface area contributed by atoms with Gasteiger partial charge in [0.2, 0.25) is 5.90 Å². The van der Waals surface area contributed by atoms with Crippen molar-refractivity contribution in [3.63, 3.8) is 0 Å². The van der Waals surface area contributed by atoms with Crippen molar-refractivity contribution in [3.05, 3.63) is 0 Å². The minimum Gasteiger partial charge on any atom is -0.475 e. The lowest BCUT2D eigenvalue weighted by Gasteiger charge is -2.08. The Morgan fingerprint density at radius 1 is 1.70 bits per heavy atom. The van der Waals surface area contributed by atoms with Crippen LogP contribution in [0.15, 0.2) is 4.99 Å². The monoisotopic (exact) mass is 203 g/mol. The maximum Gasteiger partial charge on any atom is 0.201 e. The summed E-state index contributed by atoms with van der Waals surface area (Å²) >= 11 is 3.59. The average Bonchev–Trinajstić information content (AvgIpc) is 2.45. The number of ether oxygens (including phenoxy) is 1. The summed E-state index contributed by atoms with van der Waals surface area (Å²) in [5.41, 5.74) is 0. The summed E-state index contributed by atoms with van der Waals surface area (Å²) in [6, 6.07) is 0. The number of aliphatic imine (C=N–C) groups is 1. The molecule has 10 heavy (non-hydrogen) atoms. The Labute approximate surface area is 68.8 Å². The zero-order valence-corrected chi connectivity index (χ0v) is 7.52. The highest BCUT2D eigenvalue weighted by Gasteiger charge is 2.48. The van der Waals surface area contributed by atoms with Crippen LogP contribution in [-0.2, 0) is 4.74 Å². The third kappa shape index (κ3) is 0.965. The van der Waals surface area contributed by atoms with Crippen molar-refractivity contribution in [3.8, 4) is 0 Å². The average molecular weight is 204 g/mol. The second-order valence-corrected chi connectivity index (χ2v) is 4.56. The van der Waals surface area contributed by atoms with Crippen molar-refractivity contribution in [1.82, 2.24) is 0 Å². The first-order chi connectivity index (χ1) is 4.71. The molecule has 1 heterocycles. The van der Waals surface area contributed by atoms with Gasteiger partial charge in [0.25, 0.3) is 0 Å². The van der Waals surface area contributed by atoms with E-state index in [0.29, 0.717) is 6.10 Å². The molecule has 0 bridgehead atoms. The van der Waals surface area contributed by atoms with E-state index in [9.17, 15) is 0 Å². The first kappa shape index (κ1) is 6.65. The van der Waals surface area contributed by atoms with E-state index in [1.807, 2.05) is 0 Å². The molecule has 0 spiro atoms. The highest BCUT2D eigenvalue weighted by molar-refractivity contribution is 9.10. The van der Waals surface area contributed by atoms with E-state index in [4.69, 9.17) is 4.74 Å². The van der Waals surface area contributed by atoms with Gasteiger partial charge >= 0.3 is 0 Å². The topological polar surface area (TPSA) is 21.6 Å². The van der Waals surface area contributed by atoms with Crippen molar-refractivity contribution < 1.29 is 4.74 Å². The van der Waals surface area contributed by atoms with Gasteiger partial charge < -0.3 is 4.74 Å². The third-order valence-corrected chi connectivity index (χ3v) is 3.01. The molecule has 1 fully saturated rings. The molecule has 0 aromatic rings. The molecule has 1 aliphatic carbocycles. The first-order valence-corrected chi connectivity index (χ1v) is 4.40. The van der Waals surface area contributed by atoms with Crippen molar-refractivity contribution in [2.45, 2.75) is 30.2 Å². The van der Waals surface area contributed by atoms with Crippen LogP contribution < -0.4 is 0 Å². The molecule has 1 unspecified atom stereocenters. The summed E-state index contributed by atoms with van der Waals surface area (Å²) in [4.78, 5) is 4.30. The van der Waals surface area contributed by atoms with Gasteiger partial charge in [0.05, 0.1) is 6.54 Å². The molecule has 0 aromatic carbocycles. The Morgan fingerprint density at radius 3 is 2.80 bits per heavy atom. The maximum absolute atomic E-state index is 5.49. The van der Waals surface area contributed by atoms with Gasteiger partial charge in [-0.25, -0.2) is 0 Å². The van der Waals surface area contributed by atoms with Gasteiger partial charge in [0.15, 0.2) is 0 Å². The van der Waals surface area contributed by atoms with Crippen LogP contribution in [0.1, 0.15) is 19.8 Å². The Balaban J connectivity index is 2.07. The van der Waals surface area contributed by atoms with Crippen LogP contribution in [0, 0.1) is 0 Å². The van der Waals surface area contributed by atoms with E-state index in [-0.39, 0.29) is 4.32 Å². The fourth-order valence-corrected chi connectivity index (χ4v) is 1.46. The lowest BCUT2D eigenvalue weighted by atomic mass is 10.4. The van der Waals surface area contributed by atoms with Crippen molar-refractivity contribution in [2.24, 2.45) is 4.99 Å². The van der Waals surface area contributed by atoms with Crippen LogP contribution in [0.3, 0.4) is 0 Å². The SMILES string of the molecule is CC1CN=C(C2(Br)CC2)O1. The normalized spacial score (nSPS) is 35.0. The number of alkyl halides is 1. The molecule has 3 heteroatoms. The Kier molecular flexibility index (Phi) is 1.31. The lowest BCUT2D eigenvalue weighted by molar-refractivity contribution is 0.240. The molecular weight excluding hydrogens is 194 g/mol. The Morgan fingerprint density at radius 2 is 2.40 bits per heavy atom. The Bertz CT molecular complexity index is 186. The van der Waals surface area contributed by atoms with Gasteiger partial charge in [-0.05, 0) is 19.8 Å². The first-order valence-electron chi connectivity index (χ1n) is 3.61. The molecule has 56 valence electrons. The molecule has 0 amide bonds. The zero-order chi connectivity index (χ0) is 7.19. The van der Waals surface area contributed by atoms with Crippen LogP contribution in [0.5, 0.6) is 0 Å². The fraction of sp³-hybridized carbons (Fsp3) is 0.857. The minimum absolute atomic E-state index is 0.151. The van der Waals surface area contributed by atoms with Crippen molar-refractivity contribution in [2.75, 3.05) is 6.54 Å². The van der Waals surface area contributed by atoms with Crippen LogP contribution in [0.2, 0.25) is 0 Å². The maximum atomic E-state index is 5.49. The van der Waals surface area contributed by atoms with E-state index < -0.39 is 0 Å². The molecule has 0 N–H and O–H groups in total. The third-order valence-electron chi connectivity index (χ3n) is 1.88. The molecule has 0 radical (unpaired) electrons. The molecule has 0 saturated heterocycles. The quantitative estimate of drug-likeness (QED) is 0.596. The molecule has 1 aliphatic heterocycles. The van der Waals surface area contributed by atoms with Gasteiger partial charge in [0, 0.05) is 0 Å². The predicted molar refractivity (Wildman–Crippen MR) is 43.7 cm³/mol. The smallest absolute Gasteiger partial charge is 0.201 e. The van der Waals surface area contributed by atoms with Gasteiger partial charge in [-0.2, -0.15) is 0 Å². The molecule has 2 rings (SSSR count). The highest BCUT2D eigenvalue weighted by Crippen LogP contribution is 2.47. The Hall–Kier alpha value is -0.0500. The van der Waals surface area contributed by atoms with Gasteiger partial charge in [0.1, 0.15) is 10.4 Å². The number of nitrogens with zero attached hydrogens (tertiary/aromatic N) is 1. The lowest BCUT2D eigenvalue weighted by Crippen LogP contribution is -2.17. The van der Waals surface area contributed by atoms with E-state index in [1.54, 1.807) is 0 Å². The fourth-order valence-electron chi connectivity index (χ4n) is 1.05. The van der Waals surface area contributed by atoms with Crippen molar-refractivity contribution in [1.29, 1.82) is 0 Å². The number of halogens is 1. The summed E-state index contributed by atoms with van der Waals surface area (Å²) in [6.45, 7) is 2.89. The van der Waals surface area contributed by atoms with E-state index >= 15 is 0 Å². The van der Waals surface area contributed by atoms with E-state index in [0.717, 1.165) is 12.4 Å². The van der Waals surface area contributed by atoms with Crippen LogP contribution in [0.25, 0.3) is 0 Å². The largest absolute Gasteiger partial charge is 0.475 e. The number of hydrogen-bond acceptors (Lipinski definition) is 2. The second kappa shape index (κ2) is 1.97. The van der Waals surface area contributed by atoms with Gasteiger partial charge in [-0.3, -0.25) is 4.99 Å². The van der Waals surface area contributed by atoms with Crippen LogP contribution >= 0.6 is 15.9 Å². The summed E-state index contributed by atoms with van der Waals surface area (Å²) in [5.74, 6) is 0.931. The number of rotatable bonds is 1. The minimum atomic E-state index is 0.151. The molecule has 2 aliphatic rings. The van der Waals surface area contributed by atoms with Crippen molar-refractivity contribution >= 4 is 21.8 Å². The summed E-state index contributed by atoms with van der Waals surface area (Å²) < 4.78 is 5.64. The van der Waals surface area contributed by atoms with E-state index in [2.05, 4.69) is 27.8 Å². The summed E-state index contributed by atoms with van der Waals surface area (Å²) in [6.07, 6.45) is 2.65. The molecule has 1 saturated carbocycles. The van der Waals surface area contributed by atoms with E-state index in [1.165, 1.54) is 12.8 Å². The van der Waals surface area contributed by atoms with Crippen LogP contribution in [0.4, 0.5) is 0 Å². The summed E-state index contributed by atoms with van der Waals surface area (Å²) in [5, 5.41) is 0. The highest BCUT2D eigenvalue weighted by atomic mass is 79.9. The number of hydrogen-bond donors (Lipinski definition) is 0. The molecule has 0 aromatic heterocycles. The molecule has 1 atom stereocenters. The van der Waals surface area contributed by atoms with Gasteiger partial charge in [-0.1, -0.05) is 15.9 Å². The standard InChI is InChI=1S/C7H10BrNO/c1-5-4-9-6(10-5)7(8)2-3-7/h5H,2-4H2,1H3. The van der Waals surface area contributed by atoms with Crippen LogP contribution in [-0.4, -0.2) is 22.9 Å². The molecular formula is C7H10BrNO. The molecule has 2 nitrogen and oxygen atoms in total. The zero-order valence-electron chi connectivity index (χ0n) is 5.93. The summed E-state index contributed by atoms with van der Waals surface area (Å²) in [7, 11) is 0. The van der Waals surface area contributed by atoms with Gasteiger partial charge in [-0.15, -0.1) is 0 Å².